The topological polar surface area (TPSA) is 42.2 Å². The first-order valence-corrected chi connectivity index (χ1v) is 6.93. The summed E-state index contributed by atoms with van der Waals surface area (Å²) in [5.41, 5.74) is 0.971. The molecule has 0 fully saturated rings. The molecule has 4 nitrogen and oxygen atoms in total. The molecular formula is C15H21N3O. The highest BCUT2D eigenvalue weighted by molar-refractivity contribution is 5.51. The average molecular weight is 259 g/mol. The number of rotatable bonds is 7. The van der Waals surface area contributed by atoms with Crippen LogP contribution < -0.4 is 0 Å². The van der Waals surface area contributed by atoms with Crippen LogP contribution in [0.25, 0.3) is 11.5 Å². The number of nitrogens with zero attached hydrogens (tertiary/aromatic N) is 3. The Morgan fingerprint density at radius 3 is 2.32 bits per heavy atom. The van der Waals surface area contributed by atoms with E-state index < -0.39 is 0 Å². The molecule has 1 aromatic carbocycles. The molecule has 4 heteroatoms. The summed E-state index contributed by atoms with van der Waals surface area (Å²) >= 11 is 0. The highest BCUT2D eigenvalue weighted by Gasteiger charge is 2.11. The predicted molar refractivity (Wildman–Crippen MR) is 75.6 cm³/mol. The third kappa shape index (κ3) is 3.89. The van der Waals surface area contributed by atoms with Crippen LogP contribution in [0.1, 0.15) is 32.6 Å². The Balaban J connectivity index is 2.04. The lowest BCUT2D eigenvalue weighted by Crippen LogP contribution is -2.25. The molecule has 0 N–H and O–H groups in total. The summed E-state index contributed by atoms with van der Waals surface area (Å²) in [5, 5.41) is 8.25. The van der Waals surface area contributed by atoms with Crippen LogP contribution in [0.2, 0.25) is 0 Å². The van der Waals surface area contributed by atoms with Gasteiger partial charge in [-0.25, -0.2) is 0 Å². The van der Waals surface area contributed by atoms with E-state index in [9.17, 15) is 0 Å². The third-order valence-electron chi connectivity index (χ3n) is 2.93. The maximum absolute atomic E-state index is 5.73. The maximum Gasteiger partial charge on any atom is 0.247 e. The van der Waals surface area contributed by atoms with E-state index in [0.717, 1.165) is 38.0 Å². The third-order valence-corrected chi connectivity index (χ3v) is 2.93. The Morgan fingerprint density at radius 1 is 1.00 bits per heavy atom. The van der Waals surface area contributed by atoms with E-state index in [-0.39, 0.29) is 0 Å². The molecule has 2 rings (SSSR count). The monoisotopic (exact) mass is 259 g/mol. The van der Waals surface area contributed by atoms with Crippen LogP contribution in [0.4, 0.5) is 0 Å². The zero-order valence-electron chi connectivity index (χ0n) is 11.7. The van der Waals surface area contributed by atoms with E-state index in [2.05, 4.69) is 28.9 Å². The van der Waals surface area contributed by atoms with Crippen LogP contribution in [-0.4, -0.2) is 28.2 Å². The molecule has 0 saturated heterocycles. The van der Waals surface area contributed by atoms with Crippen molar-refractivity contribution in [2.75, 3.05) is 13.1 Å². The van der Waals surface area contributed by atoms with Gasteiger partial charge in [0.25, 0.3) is 0 Å². The molecule has 0 atom stereocenters. The summed E-state index contributed by atoms with van der Waals surface area (Å²) in [4.78, 5) is 2.35. The van der Waals surface area contributed by atoms with Gasteiger partial charge in [0, 0.05) is 5.56 Å². The van der Waals surface area contributed by atoms with Gasteiger partial charge in [-0.2, -0.15) is 0 Å². The normalized spacial score (nSPS) is 11.1. The Bertz CT molecular complexity index is 475. The van der Waals surface area contributed by atoms with Crippen molar-refractivity contribution >= 4 is 0 Å². The first kappa shape index (κ1) is 13.7. The van der Waals surface area contributed by atoms with Gasteiger partial charge >= 0.3 is 0 Å². The average Bonchev–Trinajstić information content (AvgIpc) is 2.89. The van der Waals surface area contributed by atoms with Gasteiger partial charge in [0.05, 0.1) is 6.54 Å². The standard InChI is InChI=1S/C15H21N3O/c1-3-10-18(11-4-2)12-14-16-17-15(19-14)13-8-6-5-7-9-13/h5-9H,3-4,10-12H2,1-2H3. The van der Waals surface area contributed by atoms with Crippen LogP contribution in [0.5, 0.6) is 0 Å². The SMILES string of the molecule is CCCN(CCC)Cc1nnc(-c2ccccc2)o1. The van der Waals surface area contributed by atoms with Crippen molar-refractivity contribution in [1.82, 2.24) is 15.1 Å². The fourth-order valence-electron chi connectivity index (χ4n) is 2.11. The highest BCUT2D eigenvalue weighted by atomic mass is 16.4. The largest absolute Gasteiger partial charge is 0.419 e. The van der Waals surface area contributed by atoms with Gasteiger partial charge in [-0.05, 0) is 38.1 Å². The minimum absolute atomic E-state index is 0.601. The van der Waals surface area contributed by atoms with Crippen molar-refractivity contribution in [3.8, 4) is 11.5 Å². The number of hydrogen-bond acceptors (Lipinski definition) is 4. The molecule has 0 saturated carbocycles. The minimum atomic E-state index is 0.601. The van der Waals surface area contributed by atoms with Crippen molar-refractivity contribution in [2.24, 2.45) is 0 Å². The Morgan fingerprint density at radius 2 is 1.68 bits per heavy atom. The molecule has 2 aromatic rings. The van der Waals surface area contributed by atoms with Crippen molar-refractivity contribution in [1.29, 1.82) is 0 Å². The predicted octanol–water partition coefficient (Wildman–Crippen LogP) is 3.36. The van der Waals surface area contributed by atoms with E-state index >= 15 is 0 Å². The van der Waals surface area contributed by atoms with Gasteiger partial charge in [0.15, 0.2) is 0 Å². The van der Waals surface area contributed by atoms with E-state index in [1.807, 2.05) is 30.3 Å². The summed E-state index contributed by atoms with van der Waals surface area (Å²) in [6.45, 7) is 7.24. The lowest BCUT2D eigenvalue weighted by molar-refractivity contribution is 0.240. The van der Waals surface area contributed by atoms with Crippen LogP contribution in [0, 0.1) is 0 Å². The summed E-state index contributed by atoms with van der Waals surface area (Å²) in [6, 6.07) is 9.88. The van der Waals surface area contributed by atoms with Crippen molar-refractivity contribution < 1.29 is 4.42 Å². The van der Waals surface area contributed by atoms with E-state index in [1.165, 1.54) is 0 Å². The Hall–Kier alpha value is -1.68. The molecule has 0 amide bonds. The van der Waals surface area contributed by atoms with Crippen LogP contribution >= 0.6 is 0 Å². The molecule has 19 heavy (non-hydrogen) atoms. The van der Waals surface area contributed by atoms with Gasteiger partial charge in [-0.3, -0.25) is 4.90 Å². The number of benzene rings is 1. The van der Waals surface area contributed by atoms with E-state index in [0.29, 0.717) is 11.8 Å². The lowest BCUT2D eigenvalue weighted by atomic mass is 10.2. The molecule has 0 aliphatic heterocycles. The van der Waals surface area contributed by atoms with Crippen LogP contribution in [0.3, 0.4) is 0 Å². The molecule has 102 valence electrons. The highest BCUT2D eigenvalue weighted by Crippen LogP contribution is 2.17. The van der Waals surface area contributed by atoms with E-state index in [4.69, 9.17) is 4.42 Å². The van der Waals surface area contributed by atoms with Crippen molar-refractivity contribution in [3.63, 3.8) is 0 Å². The molecule has 1 aromatic heterocycles. The zero-order valence-corrected chi connectivity index (χ0v) is 11.7. The quantitative estimate of drug-likeness (QED) is 0.764. The molecule has 0 unspecified atom stereocenters. The first-order chi connectivity index (χ1) is 9.33. The lowest BCUT2D eigenvalue weighted by Gasteiger charge is -2.18. The zero-order chi connectivity index (χ0) is 13.5. The Kier molecular flexibility index (Phi) is 5.10. The molecular weight excluding hydrogens is 238 g/mol. The first-order valence-electron chi connectivity index (χ1n) is 6.93. The summed E-state index contributed by atoms with van der Waals surface area (Å²) in [5.74, 6) is 1.30. The summed E-state index contributed by atoms with van der Waals surface area (Å²) < 4.78 is 5.73. The van der Waals surface area contributed by atoms with E-state index in [1.54, 1.807) is 0 Å². The molecule has 0 bridgehead atoms. The summed E-state index contributed by atoms with van der Waals surface area (Å²) in [7, 11) is 0. The smallest absolute Gasteiger partial charge is 0.247 e. The van der Waals surface area contributed by atoms with Crippen LogP contribution in [0.15, 0.2) is 34.7 Å². The molecule has 0 spiro atoms. The molecule has 0 aliphatic carbocycles. The second kappa shape index (κ2) is 7.04. The Labute approximate surface area is 114 Å². The second-order valence-electron chi connectivity index (χ2n) is 4.64. The minimum Gasteiger partial charge on any atom is -0.419 e. The fraction of sp³-hybridized carbons (Fsp3) is 0.467. The van der Waals surface area contributed by atoms with Crippen molar-refractivity contribution in [3.05, 3.63) is 36.2 Å². The number of hydrogen-bond donors (Lipinski definition) is 0. The molecule has 0 aliphatic rings. The van der Waals surface area contributed by atoms with Crippen LogP contribution in [-0.2, 0) is 6.54 Å². The van der Waals surface area contributed by atoms with Crippen molar-refractivity contribution in [2.45, 2.75) is 33.2 Å². The van der Waals surface area contributed by atoms with Gasteiger partial charge in [0.2, 0.25) is 11.8 Å². The van der Waals surface area contributed by atoms with Gasteiger partial charge in [-0.15, -0.1) is 10.2 Å². The second-order valence-corrected chi connectivity index (χ2v) is 4.64. The van der Waals surface area contributed by atoms with Gasteiger partial charge in [-0.1, -0.05) is 32.0 Å². The molecule has 1 heterocycles. The summed E-state index contributed by atoms with van der Waals surface area (Å²) in [6.07, 6.45) is 2.28. The van der Waals surface area contributed by atoms with Gasteiger partial charge in [0.1, 0.15) is 0 Å². The fourth-order valence-corrected chi connectivity index (χ4v) is 2.11. The van der Waals surface area contributed by atoms with Gasteiger partial charge < -0.3 is 4.42 Å². The number of aromatic nitrogens is 2. The maximum atomic E-state index is 5.73. The molecule has 0 radical (unpaired) electrons.